The molecule has 1 amide bonds. The molecule has 2 aromatic rings. The normalized spacial score (nSPS) is 10.3. The van der Waals surface area contributed by atoms with Crippen molar-refractivity contribution in [1.82, 2.24) is 10.3 Å². The molecule has 0 unspecified atom stereocenters. The molecular formula is C11H10N2O3S2. The van der Waals surface area contributed by atoms with Crippen LogP contribution in [0.4, 0.5) is 0 Å². The second-order valence-electron chi connectivity index (χ2n) is 3.48. The number of nitrogens with zero attached hydrogens (tertiary/aromatic N) is 1. The van der Waals surface area contributed by atoms with E-state index < -0.39 is 18.4 Å². The Hall–Kier alpha value is -1.73. The summed E-state index contributed by atoms with van der Waals surface area (Å²) >= 11 is 2.98. The molecule has 0 fully saturated rings. The van der Waals surface area contributed by atoms with Gasteiger partial charge in [0.15, 0.2) is 0 Å². The standard InChI is InChI=1S/C11H10N2O3S2/c1-6-9(10(16)12-5-8(14)15)13-11(18-6)7-3-2-4-17-7/h2-4H,5H2,1H3,(H,12,16)(H,14,15). The second-order valence-corrected chi connectivity index (χ2v) is 5.63. The van der Waals surface area contributed by atoms with Crippen LogP contribution in [0.1, 0.15) is 15.4 Å². The largest absolute Gasteiger partial charge is 0.480 e. The fraction of sp³-hybridized carbons (Fsp3) is 0.182. The molecular weight excluding hydrogens is 272 g/mol. The molecule has 94 valence electrons. The summed E-state index contributed by atoms with van der Waals surface area (Å²) in [4.78, 5) is 28.1. The summed E-state index contributed by atoms with van der Waals surface area (Å²) in [6.07, 6.45) is 0. The van der Waals surface area contributed by atoms with Crippen molar-refractivity contribution in [3.63, 3.8) is 0 Å². The average molecular weight is 282 g/mol. The van der Waals surface area contributed by atoms with Crippen LogP contribution in [0.15, 0.2) is 17.5 Å². The van der Waals surface area contributed by atoms with Crippen LogP contribution >= 0.6 is 22.7 Å². The lowest BCUT2D eigenvalue weighted by molar-refractivity contribution is -0.135. The van der Waals surface area contributed by atoms with Gasteiger partial charge < -0.3 is 10.4 Å². The minimum atomic E-state index is -1.07. The summed E-state index contributed by atoms with van der Waals surface area (Å²) in [5, 5.41) is 13.5. The Balaban J connectivity index is 2.19. The van der Waals surface area contributed by atoms with Crippen molar-refractivity contribution < 1.29 is 14.7 Å². The van der Waals surface area contributed by atoms with Gasteiger partial charge in [-0.2, -0.15) is 0 Å². The van der Waals surface area contributed by atoms with E-state index in [-0.39, 0.29) is 0 Å². The zero-order chi connectivity index (χ0) is 13.1. The van der Waals surface area contributed by atoms with Gasteiger partial charge in [0.05, 0.1) is 4.88 Å². The number of rotatable bonds is 4. The van der Waals surface area contributed by atoms with Gasteiger partial charge in [0.25, 0.3) is 5.91 Å². The Morgan fingerprint density at radius 1 is 1.50 bits per heavy atom. The van der Waals surface area contributed by atoms with E-state index in [1.807, 2.05) is 17.5 Å². The number of hydrogen-bond donors (Lipinski definition) is 2. The molecule has 0 bridgehead atoms. The van der Waals surface area contributed by atoms with Crippen LogP contribution in [-0.2, 0) is 4.79 Å². The maximum atomic E-state index is 11.7. The number of carboxylic acids is 1. The van der Waals surface area contributed by atoms with Crippen molar-refractivity contribution in [2.45, 2.75) is 6.92 Å². The van der Waals surface area contributed by atoms with E-state index in [0.717, 1.165) is 14.8 Å². The number of carboxylic acid groups (broad SMARTS) is 1. The fourth-order valence-electron chi connectivity index (χ4n) is 1.35. The number of aryl methyl sites for hydroxylation is 1. The molecule has 0 spiro atoms. The van der Waals surface area contributed by atoms with Crippen molar-refractivity contribution in [3.8, 4) is 9.88 Å². The SMILES string of the molecule is Cc1sc(-c2cccs2)nc1C(=O)NCC(=O)O. The highest BCUT2D eigenvalue weighted by Gasteiger charge is 2.17. The van der Waals surface area contributed by atoms with Crippen LogP contribution in [0, 0.1) is 6.92 Å². The van der Waals surface area contributed by atoms with E-state index in [1.165, 1.54) is 11.3 Å². The number of thiazole rings is 1. The maximum absolute atomic E-state index is 11.7. The summed E-state index contributed by atoms with van der Waals surface area (Å²) < 4.78 is 0. The van der Waals surface area contributed by atoms with Gasteiger partial charge in [-0.05, 0) is 18.4 Å². The van der Waals surface area contributed by atoms with Crippen LogP contribution < -0.4 is 5.32 Å². The van der Waals surface area contributed by atoms with E-state index in [4.69, 9.17) is 5.11 Å². The van der Waals surface area contributed by atoms with Crippen molar-refractivity contribution in [3.05, 3.63) is 28.1 Å². The molecule has 0 radical (unpaired) electrons. The van der Waals surface area contributed by atoms with Gasteiger partial charge in [-0.3, -0.25) is 9.59 Å². The smallest absolute Gasteiger partial charge is 0.322 e. The molecule has 0 saturated carbocycles. The number of hydrogen-bond acceptors (Lipinski definition) is 5. The van der Waals surface area contributed by atoms with Crippen LogP contribution in [0.5, 0.6) is 0 Å². The zero-order valence-electron chi connectivity index (χ0n) is 9.47. The molecule has 2 aromatic heterocycles. The average Bonchev–Trinajstić information content (AvgIpc) is 2.94. The van der Waals surface area contributed by atoms with E-state index in [1.54, 1.807) is 18.3 Å². The van der Waals surface area contributed by atoms with Gasteiger partial charge in [0.2, 0.25) is 0 Å². The van der Waals surface area contributed by atoms with Crippen LogP contribution in [0.3, 0.4) is 0 Å². The lowest BCUT2D eigenvalue weighted by Gasteiger charge is -1.99. The number of carbonyl (C=O) groups excluding carboxylic acids is 1. The summed E-state index contributed by atoms with van der Waals surface area (Å²) in [5.74, 6) is -1.52. The molecule has 0 aliphatic heterocycles. The first kappa shape index (κ1) is 12.7. The summed E-state index contributed by atoms with van der Waals surface area (Å²) in [7, 11) is 0. The maximum Gasteiger partial charge on any atom is 0.322 e. The molecule has 0 aliphatic carbocycles. The van der Waals surface area contributed by atoms with Gasteiger partial charge >= 0.3 is 5.97 Å². The number of aliphatic carboxylic acids is 1. The van der Waals surface area contributed by atoms with Gasteiger partial charge in [0, 0.05) is 4.88 Å². The fourth-order valence-corrected chi connectivity index (χ4v) is 3.06. The molecule has 7 heteroatoms. The first-order valence-corrected chi connectivity index (χ1v) is 6.79. The lowest BCUT2D eigenvalue weighted by atomic mass is 10.3. The number of carbonyl (C=O) groups is 2. The van der Waals surface area contributed by atoms with Gasteiger partial charge in [-0.25, -0.2) is 4.98 Å². The first-order valence-electron chi connectivity index (χ1n) is 5.09. The Morgan fingerprint density at radius 2 is 2.28 bits per heavy atom. The summed E-state index contributed by atoms with van der Waals surface area (Å²) in [6.45, 7) is 1.40. The van der Waals surface area contributed by atoms with Gasteiger partial charge in [-0.15, -0.1) is 22.7 Å². The zero-order valence-corrected chi connectivity index (χ0v) is 11.1. The lowest BCUT2D eigenvalue weighted by Crippen LogP contribution is -2.29. The Morgan fingerprint density at radius 3 is 2.89 bits per heavy atom. The quantitative estimate of drug-likeness (QED) is 0.899. The number of amides is 1. The summed E-state index contributed by atoms with van der Waals surface area (Å²) in [6, 6.07) is 3.85. The van der Waals surface area contributed by atoms with Crippen LogP contribution in [-0.4, -0.2) is 28.5 Å². The minimum Gasteiger partial charge on any atom is -0.480 e. The van der Waals surface area contributed by atoms with Crippen LogP contribution in [0.2, 0.25) is 0 Å². The number of aromatic nitrogens is 1. The first-order chi connectivity index (χ1) is 8.58. The molecule has 2 N–H and O–H groups in total. The third-order valence-corrected chi connectivity index (χ3v) is 4.15. The number of thiophene rings is 1. The molecule has 2 heterocycles. The molecule has 0 aliphatic rings. The molecule has 5 nitrogen and oxygen atoms in total. The third kappa shape index (κ3) is 2.74. The van der Waals surface area contributed by atoms with Gasteiger partial charge in [-0.1, -0.05) is 6.07 Å². The predicted octanol–water partition coefficient (Wildman–Crippen LogP) is 1.99. The predicted molar refractivity (Wildman–Crippen MR) is 70.1 cm³/mol. The summed E-state index contributed by atoms with van der Waals surface area (Å²) in [5.41, 5.74) is 0.296. The second kappa shape index (κ2) is 5.28. The highest BCUT2D eigenvalue weighted by Crippen LogP contribution is 2.30. The van der Waals surface area contributed by atoms with Gasteiger partial charge in [0.1, 0.15) is 17.2 Å². The van der Waals surface area contributed by atoms with E-state index >= 15 is 0 Å². The van der Waals surface area contributed by atoms with E-state index in [2.05, 4.69) is 10.3 Å². The molecule has 0 aromatic carbocycles. The highest BCUT2D eigenvalue weighted by molar-refractivity contribution is 7.21. The van der Waals surface area contributed by atoms with E-state index in [0.29, 0.717) is 5.69 Å². The van der Waals surface area contributed by atoms with Crippen molar-refractivity contribution in [1.29, 1.82) is 0 Å². The minimum absolute atomic E-state index is 0.296. The Labute approximate surface area is 111 Å². The Kier molecular flexibility index (Phi) is 3.73. The molecule has 2 rings (SSSR count). The Bertz CT molecular complexity index is 575. The monoisotopic (exact) mass is 282 g/mol. The van der Waals surface area contributed by atoms with Crippen molar-refractivity contribution >= 4 is 34.6 Å². The molecule has 0 saturated heterocycles. The van der Waals surface area contributed by atoms with Crippen LogP contribution in [0.25, 0.3) is 9.88 Å². The van der Waals surface area contributed by atoms with Crippen molar-refractivity contribution in [2.75, 3.05) is 6.54 Å². The molecule has 18 heavy (non-hydrogen) atoms. The highest BCUT2D eigenvalue weighted by atomic mass is 32.1. The van der Waals surface area contributed by atoms with E-state index in [9.17, 15) is 9.59 Å². The number of nitrogens with one attached hydrogen (secondary N) is 1. The third-order valence-electron chi connectivity index (χ3n) is 2.14. The topological polar surface area (TPSA) is 79.3 Å². The van der Waals surface area contributed by atoms with Crippen molar-refractivity contribution in [2.24, 2.45) is 0 Å². The molecule has 0 atom stereocenters.